The van der Waals surface area contributed by atoms with E-state index in [2.05, 4.69) is 15.9 Å². The number of carbonyl (C=O) groups excluding carboxylic acids is 2. The van der Waals surface area contributed by atoms with Gasteiger partial charge in [-0.2, -0.15) is 0 Å². The molecule has 0 spiro atoms. The van der Waals surface area contributed by atoms with Gasteiger partial charge < -0.3 is 4.90 Å². The number of piperazine rings is 1. The molecule has 126 valence electrons. The zero-order chi connectivity index (χ0) is 15.5. The standard InChI is InChI=1S/C15H18ClN3O2S.ClH/c16-12-2-1-3-13(10-12)18-7-4-17(5-8-18)6-9-19-14(20)11-22-15(19)21;/h1-3,10H,4-9,11H2;1H. The van der Waals surface area contributed by atoms with Crippen LogP contribution in [0.5, 0.6) is 0 Å². The lowest BCUT2D eigenvalue weighted by Crippen LogP contribution is -2.49. The predicted octanol–water partition coefficient (Wildman–Crippen LogP) is 2.58. The summed E-state index contributed by atoms with van der Waals surface area (Å²) < 4.78 is 0. The summed E-state index contributed by atoms with van der Waals surface area (Å²) in [6.45, 7) is 4.96. The molecule has 1 aromatic rings. The van der Waals surface area contributed by atoms with E-state index >= 15 is 0 Å². The first-order chi connectivity index (χ1) is 10.6. The van der Waals surface area contributed by atoms with Gasteiger partial charge in [-0.25, -0.2) is 0 Å². The number of benzene rings is 1. The third-order valence-electron chi connectivity index (χ3n) is 4.03. The molecule has 2 heterocycles. The third-order valence-corrected chi connectivity index (χ3v) is 5.12. The molecule has 0 N–H and O–H groups in total. The summed E-state index contributed by atoms with van der Waals surface area (Å²) in [5, 5.41) is 0.644. The van der Waals surface area contributed by atoms with Crippen molar-refractivity contribution in [3.63, 3.8) is 0 Å². The highest BCUT2D eigenvalue weighted by Crippen LogP contribution is 2.21. The van der Waals surface area contributed by atoms with Crippen LogP contribution in [0.25, 0.3) is 0 Å². The molecule has 2 aliphatic heterocycles. The molecule has 0 aliphatic carbocycles. The number of rotatable bonds is 4. The Kier molecular flexibility index (Phi) is 6.59. The van der Waals surface area contributed by atoms with Crippen molar-refractivity contribution < 1.29 is 9.59 Å². The monoisotopic (exact) mass is 375 g/mol. The van der Waals surface area contributed by atoms with Crippen LogP contribution in [0.4, 0.5) is 10.5 Å². The Morgan fingerprint density at radius 2 is 1.83 bits per heavy atom. The molecular weight excluding hydrogens is 357 g/mol. The molecular formula is C15H19Cl2N3O2S. The van der Waals surface area contributed by atoms with Crippen LogP contribution in [0.1, 0.15) is 0 Å². The van der Waals surface area contributed by atoms with E-state index in [0.29, 0.717) is 12.3 Å². The number of hydrogen-bond donors (Lipinski definition) is 0. The molecule has 2 amide bonds. The van der Waals surface area contributed by atoms with Gasteiger partial charge in [0.1, 0.15) is 0 Å². The van der Waals surface area contributed by atoms with Crippen molar-refractivity contribution in [1.29, 1.82) is 0 Å². The van der Waals surface area contributed by atoms with Gasteiger partial charge in [-0.1, -0.05) is 29.4 Å². The molecule has 1 aromatic carbocycles. The number of imide groups is 1. The van der Waals surface area contributed by atoms with E-state index in [1.807, 2.05) is 18.2 Å². The van der Waals surface area contributed by atoms with E-state index in [1.165, 1.54) is 4.90 Å². The number of thioether (sulfide) groups is 1. The average Bonchev–Trinajstić information content (AvgIpc) is 2.84. The predicted molar refractivity (Wildman–Crippen MR) is 96.9 cm³/mol. The highest BCUT2D eigenvalue weighted by molar-refractivity contribution is 8.14. The SMILES string of the molecule is Cl.O=C1CSC(=O)N1CCN1CCN(c2cccc(Cl)c2)CC1. The molecule has 0 saturated carbocycles. The molecule has 0 bridgehead atoms. The number of carbonyl (C=O) groups is 2. The number of anilines is 1. The molecule has 2 aliphatic rings. The molecule has 3 rings (SSSR count). The molecule has 2 fully saturated rings. The summed E-state index contributed by atoms with van der Waals surface area (Å²) in [6, 6.07) is 7.89. The van der Waals surface area contributed by atoms with Gasteiger partial charge in [-0.05, 0) is 18.2 Å². The highest BCUT2D eigenvalue weighted by Gasteiger charge is 2.30. The minimum atomic E-state index is -0.109. The largest absolute Gasteiger partial charge is 0.369 e. The summed E-state index contributed by atoms with van der Waals surface area (Å²) >= 11 is 7.13. The molecule has 8 heteroatoms. The molecule has 0 radical (unpaired) electrons. The van der Waals surface area contributed by atoms with Gasteiger partial charge >= 0.3 is 0 Å². The second kappa shape index (κ2) is 8.24. The fraction of sp³-hybridized carbons (Fsp3) is 0.467. The quantitative estimate of drug-likeness (QED) is 0.808. The lowest BCUT2D eigenvalue weighted by molar-refractivity contribution is -0.124. The summed E-state index contributed by atoms with van der Waals surface area (Å²) in [4.78, 5) is 29.1. The summed E-state index contributed by atoms with van der Waals surface area (Å²) in [7, 11) is 0. The van der Waals surface area contributed by atoms with Crippen LogP contribution >= 0.6 is 35.8 Å². The minimum Gasteiger partial charge on any atom is -0.369 e. The minimum absolute atomic E-state index is 0. The Hall–Kier alpha value is -0.950. The summed E-state index contributed by atoms with van der Waals surface area (Å²) in [5.74, 6) is 0.231. The van der Waals surface area contributed by atoms with Crippen molar-refractivity contribution in [3.05, 3.63) is 29.3 Å². The average molecular weight is 376 g/mol. The number of halogens is 2. The Morgan fingerprint density at radius 3 is 2.43 bits per heavy atom. The normalized spacial score (nSPS) is 19.2. The van der Waals surface area contributed by atoms with E-state index in [4.69, 9.17) is 11.6 Å². The smallest absolute Gasteiger partial charge is 0.288 e. The van der Waals surface area contributed by atoms with Crippen molar-refractivity contribution >= 4 is 52.6 Å². The maximum atomic E-state index is 11.6. The zero-order valence-electron chi connectivity index (χ0n) is 12.6. The van der Waals surface area contributed by atoms with Crippen LogP contribution < -0.4 is 4.90 Å². The van der Waals surface area contributed by atoms with Gasteiger partial charge in [0.05, 0.1) is 5.75 Å². The number of nitrogens with zero attached hydrogens (tertiary/aromatic N) is 3. The zero-order valence-corrected chi connectivity index (χ0v) is 15.0. The van der Waals surface area contributed by atoms with Crippen LogP contribution in [0.3, 0.4) is 0 Å². The maximum Gasteiger partial charge on any atom is 0.288 e. The van der Waals surface area contributed by atoms with Crippen LogP contribution in [0.15, 0.2) is 24.3 Å². The summed E-state index contributed by atoms with van der Waals surface area (Å²) in [5.41, 5.74) is 1.15. The van der Waals surface area contributed by atoms with E-state index in [9.17, 15) is 9.59 Å². The van der Waals surface area contributed by atoms with E-state index < -0.39 is 0 Å². The fourth-order valence-corrected chi connectivity index (χ4v) is 3.68. The third kappa shape index (κ3) is 4.53. The maximum absolute atomic E-state index is 11.6. The summed E-state index contributed by atoms with van der Waals surface area (Å²) in [6.07, 6.45) is 0. The Labute approximate surface area is 151 Å². The number of hydrogen-bond acceptors (Lipinski definition) is 5. The van der Waals surface area contributed by atoms with Crippen molar-refractivity contribution in [2.24, 2.45) is 0 Å². The first kappa shape index (κ1) is 18.4. The van der Waals surface area contributed by atoms with E-state index in [-0.39, 0.29) is 23.6 Å². The van der Waals surface area contributed by atoms with Gasteiger partial charge in [0, 0.05) is 50.0 Å². The van der Waals surface area contributed by atoms with Crippen LogP contribution in [-0.2, 0) is 4.79 Å². The van der Waals surface area contributed by atoms with Crippen LogP contribution in [0.2, 0.25) is 5.02 Å². The topological polar surface area (TPSA) is 43.9 Å². The van der Waals surface area contributed by atoms with Gasteiger partial charge in [0.2, 0.25) is 5.91 Å². The lowest BCUT2D eigenvalue weighted by atomic mass is 10.2. The van der Waals surface area contributed by atoms with Crippen LogP contribution in [-0.4, -0.2) is 66.0 Å². The van der Waals surface area contributed by atoms with E-state index in [0.717, 1.165) is 55.2 Å². The van der Waals surface area contributed by atoms with Crippen molar-refractivity contribution in [2.45, 2.75) is 0 Å². The van der Waals surface area contributed by atoms with Gasteiger partial charge in [-0.15, -0.1) is 12.4 Å². The molecule has 0 atom stereocenters. The number of amides is 2. The molecule has 5 nitrogen and oxygen atoms in total. The van der Waals surface area contributed by atoms with Crippen molar-refractivity contribution in [1.82, 2.24) is 9.80 Å². The van der Waals surface area contributed by atoms with Gasteiger partial charge in [0.15, 0.2) is 0 Å². The molecule has 0 unspecified atom stereocenters. The molecule has 0 aromatic heterocycles. The Bertz CT molecular complexity index is 564. The lowest BCUT2D eigenvalue weighted by Gasteiger charge is -2.36. The van der Waals surface area contributed by atoms with Gasteiger partial charge in [-0.3, -0.25) is 19.4 Å². The second-order valence-corrected chi connectivity index (χ2v) is 6.77. The first-order valence-corrected chi connectivity index (χ1v) is 8.70. The van der Waals surface area contributed by atoms with E-state index in [1.54, 1.807) is 0 Å². The van der Waals surface area contributed by atoms with Crippen molar-refractivity contribution in [2.75, 3.05) is 49.9 Å². The molecule has 2 saturated heterocycles. The highest BCUT2D eigenvalue weighted by atomic mass is 35.5. The van der Waals surface area contributed by atoms with Crippen LogP contribution in [0, 0.1) is 0 Å². The Morgan fingerprint density at radius 1 is 1.09 bits per heavy atom. The van der Waals surface area contributed by atoms with Crippen molar-refractivity contribution in [3.8, 4) is 0 Å². The Balaban J connectivity index is 0.00000192. The second-order valence-electron chi connectivity index (χ2n) is 5.41. The molecule has 23 heavy (non-hydrogen) atoms. The van der Waals surface area contributed by atoms with Gasteiger partial charge in [0.25, 0.3) is 5.24 Å². The fourth-order valence-electron chi connectivity index (χ4n) is 2.74. The first-order valence-electron chi connectivity index (χ1n) is 7.33.